The molecule has 7 unspecified atom stereocenters. The van der Waals surface area contributed by atoms with E-state index >= 15 is 0 Å². The normalized spacial score (nSPS) is 52.5. The first-order valence-electron chi connectivity index (χ1n) is 10.3. The fourth-order valence-electron chi connectivity index (χ4n) is 4.25. The van der Waals surface area contributed by atoms with Crippen molar-refractivity contribution in [2.24, 2.45) is 11.5 Å². The van der Waals surface area contributed by atoms with E-state index in [0.717, 1.165) is 0 Å². The summed E-state index contributed by atoms with van der Waals surface area (Å²) in [5.74, 6) is 0. The van der Waals surface area contributed by atoms with Gasteiger partial charge in [-0.05, 0) is 12.8 Å². The fourth-order valence-corrected chi connectivity index (χ4v) is 4.25. The molecule has 12 heteroatoms. The van der Waals surface area contributed by atoms with Gasteiger partial charge in [0, 0.05) is 18.5 Å². The zero-order valence-electron chi connectivity index (χ0n) is 16.8. The zero-order valence-corrected chi connectivity index (χ0v) is 16.8. The lowest BCUT2D eigenvalue weighted by atomic mass is 9.84. The fraction of sp³-hybridized carbons (Fsp3) is 1.00. The largest absolute Gasteiger partial charge is 0.394 e. The minimum absolute atomic E-state index is 0.0884. The Morgan fingerprint density at radius 2 is 1.50 bits per heavy atom. The average Bonchev–Trinajstić information content (AvgIpc) is 2.98. The highest BCUT2D eigenvalue weighted by Crippen LogP contribution is 2.32. The van der Waals surface area contributed by atoms with Crippen molar-refractivity contribution < 1.29 is 49.6 Å². The van der Waals surface area contributed by atoms with Gasteiger partial charge >= 0.3 is 0 Å². The van der Waals surface area contributed by atoms with Crippen molar-refractivity contribution in [1.29, 1.82) is 0 Å². The Kier molecular flexibility index (Phi) is 8.04. The Morgan fingerprint density at radius 1 is 0.800 bits per heavy atom. The highest BCUT2D eigenvalue weighted by molar-refractivity contribution is 5.00. The van der Waals surface area contributed by atoms with Crippen LogP contribution >= 0.6 is 0 Å². The number of hydrogen-bond acceptors (Lipinski definition) is 12. The monoisotopic (exact) mass is 438 g/mol. The molecule has 0 aromatic carbocycles. The second kappa shape index (κ2) is 9.98. The number of rotatable bonds is 6. The second-order valence-corrected chi connectivity index (χ2v) is 8.27. The molecule has 0 radical (unpaired) electrons. The van der Waals surface area contributed by atoms with E-state index in [1.165, 1.54) is 0 Å². The van der Waals surface area contributed by atoms with Crippen molar-refractivity contribution in [2.45, 2.75) is 106 Å². The van der Waals surface area contributed by atoms with Crippen LogP contribution in [0.2, 0.25) is 0 Å². The van der Waals surface area contributed by atoms with Crippen molar-refractivity contribution in [2.75, 3.05) is 6.61 Å². The van der Waals surface area contributed by atoms with Gasteiger partial charge in [0.1, 0.15) is 36.6 Å². The first-order valence-corrected chi connectivity index (χ1v) is 10.3. The van der Waals surface area contributed by atoms with Gasteiger partial charge in [-0.15, -0.1) is 0 Å². The van der Waals surface area contributed by atoms with Gasteiger partial charge in [-0.2, -0.15) is 0 Å². The molecule has 13 atom stereocenters. The predicted octanol–water partition coefficient (Wildman–Crippen LogP) is -4.14. The van der Waals surface area contributed by atoms with E-state index < -0.39 is 86.2 Å². The van der Waals surface area contributed by atoms with Crippen LogP contribution in [0.5, 0.6) is 0 Å². The van der Waals surface area contributed by atoms with E-state index in [4.69, 9.17) is 30.4 Å². The highest BCUT2D eigenvalue weighted by Gasteiger charge is 2.50. The molecule has 3 aliphatic rings. The molecule has 0 amide bonds. The summed E-state index contributed by atoms with van der Waals surface area (Å²) < 4.78 is 22.7. The Morgan fingerprint density at radius 3 is 2.10 bits per heavy atom. The molecule has 1 saturated carbocycles. The summed E-state index contributed by atoms with van der Waals surface area (Å²) in [7, 11) is 0. The first-order chi connectivity index (χ1) is 14.2. The van der Waals surface area contributed by atoms with Crippen LogP contribution in [-0.2, 0) is 18.9 Å². The van der Waals surface area contributed by atoms with E-state index in [2.05, 4.69) is 0 Å². The Labute approximate surface area is 174 Å². The van der Waals surface area contributed by atoms with Gasteiger partial charge < -0.3 is 61.1 Å². The molecule has 176 valence electrons. The Balaban J connectivity index is 1.73. The summed E-state index contributed by atoms with van der Waals surface area (Å²) >= 11 is 0. The van der Waals surface area contributed by atoms with Crippen LogP contribution in [0.15, 0.2) is 0 Å². The number of aliphatic hydroxyl groups excluding tert-OH is 6. The minimum atomic E-state index is -1.33. The molecule has 0 bridgehead atoms. The maximum atomic E-state index is 10.6. The molecule has 0 aromatic heterocycles. The van der Waals surface area contributed by atoms with Crippen molar-refractivity contribution in [3.8, 4) is 0 Å². The van der Waals surface area contributed by atoms with E-state index in [1.807, 2.05) is 0 Å². The van der Waals surface area contributed by atoms with Crippen LogP contribution in [0.4, 0.5) is 0 Å². The smallest absolute Gasteiger partial charge is 0.187 e. The lowest BCUT2D eigenvalue weighted by Crippen LogP contribution is -2.65. The first kappa shape index (κ1) is 24.2. The molecule has 1 aliphatic carbocycles. The van der Waals surface area contributed by atoms with E-state index in [9.17, 15) is 30.6 Å². The summed E-state index contributed by atoms with van der Waals surface area (Å²) in [5, 5.41) is 60.2. The highest BCUT2D eigenvalue weighted by atomic mass is 16.7. The molecule has 2 saturated heterocycles. The number of aliphatic hydroxyl groups is 6. The van der Waals surface area contributed by atoms with Gasteiger partial charge in [0.25, 0.3) is 0 Å². The molecular weight excluding hydrogens is 404 g/mol. The van der Waals surface area contributed by atoms with Crippen molar-refractivity contribution in [3.05, 3.63) is 0 Å². The molecule has 3 rings (SSSR count). The zero-order chi connectivity index (χ0) is 22.2. The van der Waals surface area contributed by atoms with Crippen LogP contribution in [0.25, 0.3) is 0 Å². The Bertz CT molecular complexity index is 559. The van der Waals surface area contributed by atoms with Crippen LogP contribution in [0.3, 0.4) is 0 Å². The number of hydrogen-bond donors (Lipinski definition) is 8. The lowest BCUT2D eigenvalue weighted by molar-refractivity contribution is -0.305. The third kappa shape index (κ3) is 4.80. The second-order valence-electron chi connectivity index (χ2n) is 8.27. The molecule has 30 heavy (non-hydrogen) atoms. The van der Waals surface area contributed by atoms with Crippen LogP contribution < -0.4 is 11.5 Å². The van der Waals surface area contributed by atoms with Crippen LogP contribution in [-0.4, -0.2) is 117 Å². The molecule has 0 spiro atoms. The molecule has 12 nitrogen and oxygen atoms in total. The van der Waals surface area contributed by atoms with E-state index in [-0.39, 0.29) is 12.8 Å². The van der Waals surface area contributed by atoms with Gasteiger partial charge in [-0.25, -0.2) is 0 Å². The number of ether oxygens (including phenoxy) is 4. The topological polar surface area (TPSA) is 210 Å². The van der Waals surface area contributed by atoms with Gasteiger partial charge in [-0.3, -0.25) is 0 Å². The molecule has 2 aliphatic heterocycles. The van der Waals surface area contributed by atoms with Crippen LogP contribution in [0.1, 0.15) is 26.2 Å². The molecule has 3 fully saturated rings. The summed E-state index contributed by atoms with van der Waals surface area (Å²) in [4.78, 5) is 0. The van der Waals surface area contributed by atoms with Gasteiger partial charge in [0.2, 0.25) is 0 Å². The standard InChI is InChI=1S/C18H34N2O10/c1-2-9-14(25)15(26)18(28-9)30-17-12(23)6(19)3-7(20)16(17)29-11-4-8(22)13(24)10(5-21)27-11/h6-18,21-26H,2-5,19-20H2,1H3/t6-,7?,8?,9-,10?,11-,12?,13+,14?,15?,16-,17?,18+/m1/s1. The maximum Gasteiger partial charge on any atom is 0.187 e. The third-order valence-electron chi connectivity index (χ3n) is 6.10. The summed E-state index contributed by atoms with van der Waals surface area (Å²) in [6, 6.07) is -1.40. The molecule has 0 aromatic rings. The van der Waals surface area contributed by atoms with Gasteiger partial charge in [0.15, 0.2) is 12.6 Å². The van der Waals surface area contributed by atoms with Crippen molar-refractivity contribution in [3.63, 3.8) is 0 Å². The maximum absolute atomic E-state index is 10.6. The minimum Gasteiger partial charge on any atom is -0.394 e. The summed E-state index contributed by atoms with van der Waals surface area (Å²) in [6.07, 6.45) is -11.6. The Hall–Kier alpha value is -0.480. The molecular formula is C18H34N2O10. The van der Waals surface area contributed by atoms with E-state index in [1.54, 1.807) is 6.92 Å². The van der Waals surface area contributed by atoms with E-state index in [0.29, 0.717) is 6.42 Å². The van der Waals surface area contributed by atoms with Gasteiger partial charge in [-0.1, -0.05) is 6.92 Å². The van der Waals surface area contributed by atoms with Crippen molar-refractivity contribution in [1.82, 2.24) is 0 Å². The predicted molar refractivity (Wildman–Crippen MR) is 99.7 cm³/mol. The number of nitrogens with two attached hydrogens (primary N) is 2. The third-order valence-corrected chi connectivity index (χ3v) is 6.10. The van der Waals surface area contributed by atoms with Crippen LogP contribution in [0, 0.1) is 0 Å². The average molecular weight is 438 g/mol. The summed E-state index contributed by atoms with van der Waals surface area (Å²) in [6.45, 7) is 1.26. The molecule has 10 N–H and O–H groups in total. The summed E-state index contributed by atoms with van der Waals surface area (Å²) in [5.41, 5.74) is 12.2. The van der Waals surface area contributed by atoms with Crippen molar-refractivity contribution >= 4 is 0 Å². The van der Waals surface area contributed by atoms with Gasteiger partial charge in [0.05, 0.1) is 24.9 Å². The lowest BCUT2D eigenvalue weighted by Gasteiger charge is -2.45. The molecule has 2 heterocycles. The SMILES string of the molecule is CC[C@H]1O[C@@H](OC2C(O)[C@H](N)CC(N)[C@H]2O[C@@H]2CC(O)[C@H](O)C(CO)O2)C(O)C1O. The quantitative estimate of drug-likeness (QED) is 0.199.